The van der Waals surface area contributed by atoms with E-state index in [4.69, 9.17) is 4.42 Å². The Morgan fingerprint density at radius 2 is 2.14 bits per heavy atom. The number of amides is 1. The molecule has 1 aromatic carbocycles. The Hall–Kier alpha value is -1.59. The van der Waals surface area contributed by atoms with E-state index in [2.05, 4.69) is 15.9 Å². The number of rotatable bonds is 3. The lowest BCUT2D eigenvalue weighted by atomic mass is 10.2. The van der Waals surface area contributed by atoms with E-state index in [0.717, 1.165) is 25.9 Å². The molecule has 0 unspecified atom stereocenters. The molecule has 0 saturated heterocycles. The lowest BCUT2D eigenvalue weighted by molar-refractivity contribution is 0.0756. The van der Waals surface area contributed by atoms with Gasteiger partial charge < -0.3 is 9.32 Å². The number of aryl methyl sites for hydroxylation is 1. The van der Waals surface area contributed by atoms with Gasteiger partial charge in [0, 0.05) is 19.0 Å². The maximum absolute atomic E-state index is 12.4. The topological polar surface area (TPSA) is 33.5 Å². The van der Waals surface area contributed by atoms with E-state index in [1.165, 1.54) is 0 Å². The molecule has 0 aliphatic heterocycles. The second-order valence-corrected chi connectivity index (χ2v) is 7.36. The standard InChI is InChI=1S/C16H14BrNO2S/c1-10-3-4-13-12(5-10)7-14(20-13)16(19)18(2)8-11-6-15(17)21-9-11/h3-7,9H,8H2,1-2H3. The van der Waals surface area contributed by atoms with Crippen molar-refractivity contribution in [3.05, 3.63) is 56.4 Å². The second kappa shape index (κ2) is 5.66. The van der Waals surface area contributed by atoms with E-state index >= 15 is 0 Å². The number of thiophene rings is 1. The average molecular weight is 364 g/mol. The Balaban J connectivity index is 1.82. The number of carbonyl (C=O) groups excluding carboxylic acids is 1. The zero-order valence-electron chi connectivity index (χ0n) is 11.7. The Morgan fingerprint density at radius 3 is 2.86 bits per heavy atom. The van der Waals surface area contributed by atoms with Crippen molar-refractivity contribution in [3.63, 3.8) is 0 Å². The summed E-state index contributed by atoms with van der Waals surface area (Å²) in [5.74, 6) is 0.276. The normalized spacial score (nSPS) is 11.0. The summed E-state index contributed by atoms with van der Waals surface area (Å²) in [6.07, 6.45) is 0. The number of halogens is 1. The lowest BCUT2D eigenvalue weighted by Gasteiger charge is -2.14. The summed E-state index contributed by atoms with van der Waals surface area (Å²) in [4.78, 5) is 14.1. The molecule has 0 aliphatic rings. The largest absolute Gasteiger partial charge is 0.451 e. The molecule has 0 saturated carbocycles. The first-order valence-corrected chi connectivity index (χ1v) is 8.19. The number of hydrogen-bond acceptors (Lipinski definition) is 3. The Morgan fingerprint density at radius 1 is 1.33 bits per heavy atom. The molecule has 0 fully saturated rings. The van der Waals surface area contributed by atoms with Crippen molar-refractivity contribution < 1.29 is 9.21 Å². The van der Waals surface area contributed by atoms with Crippen LogP contribution in [0.25, 0.3) is 11.0 Å². The molecule has 0 aliphatic carbocycles. The lowest BCUT2D eigenvalue weighted by Crippen LogP contribution is -2.25. The van der Waals surface area contributed by atoms with E-state index in [-0.39, 0.29) is 5.91 Å². The van der Waals surface area contributed by atoms with Gasteiger partial charge in [-0.1, -0.05) is 11.6 Å². The highest BCUT2D eigenvalue weighted by Crippen LogP contribution is 2.24. The monoisotopic (exact) mass is 363 g/mol. The molecule has 0 spiro atoms. The summed E-state index contributed by atoms with van der Waals surface area (Å²) in [5.41, 5.74) is 3.00. The zero-order chi connectivity index (χ0) is 15.0. The molecule has 3 nitrogen and oxygen atoms in total. The van der Waals surface area contributed by atoms with Gasteiger partial charge in [0.2, 0.25) is 0 Å². The van der Waals surface area contributed by atoms with Crippen LogP contribution in [-0.4, -0.2) is 17.9 Å². The van der Waals surface area contributed by atoms with E-state index < -0.39 is 0 Å². The molecule has 5 heteroatoms. The molecule has 21 heavy (non-hydrogen) atoms. The Bertz CT molecular complexity index is 806. The van der Waals surface area contributed by atoms with Crippen LogP contribution >= 0.6 is 27.3 Å². The summed E-state index contributed by atoms with van der Waals surface area (Å²) in [6.45, 7) is 2.59. The maximum Gasteiger partial charge on any atom is 0.289 e. The van der Waals surface area contributed by atoms with E-state index in [0.29, 0.717) is 12.3 Å². The minimum atomic E-state index is -0.105. The van der Waals surface area contributed by atoms with Crippen LogP contribution in [0.15, 0.2) is 43.9 Å². The van der Waals surface area contributed by atoms with Crippen molar-refractivity contribution in [2.24, 2.45) is 0 Å². The summed E-state index contributed by atoms with van der Waals surface area (Å²) in [5, 5.41) is 3.00. The van der Waals surface area contributed by atoms with Gasteiger partial charge in [0.05, 0.1) is 3.79 Å². The van der Waals surface area contributed by atoms with Crippen molar-refractivity contribution in [3.8, 4) is 0 Å². The van der Waals surface area contributed by atoms with E-state index in [9.17, 15) is 4.79 Å². The van der Waals surface area contributed by atoms with Crippen LogP contribution in [0.3, 0.4) is 0 Å². The summed E-state index contributed by atoms with van der Waals surface area (Å²) in [7, 11) is 1.78. The summed E-state index contributed by atoms with van der Waals surface area (Å²) in [6, 6.07) is 9.73. The fourth-order valence-corrected chi connectivity index (χ4v) is 3.43. The van der Waals surface area contributed by atoms with Crippen LogP contribution in [-0.2, 0) is 6.54 Å². The fraction of sp³-hybridized carbons (Fsp3) is 0.188. The van der Waals surface area contributed by atoms with Crippen LogP contribution in [0.4, 0.5) is 0 Å². The second-order valence-electron chi connectivity index (χ2n) is 5.07. The fourth-order valence-electron chi connectivity index (χ4n) is 2.23. The number of furan rings is 1. The van der Waals surface area contributed by atoms with Crippen LogP contribution in [0.1, 0.15) is 21.7 Å². The number of carbonyl (C=O) groups is 1. The van der Waals surface area contributed by atoms with Gasteiger partial charge in [0.25, 0.3) is 5.91 Å². The van der Waals surface area contributed by atoms with Gasteiger partial charge in [-0.2, -0.15) is 0 Å². The first kappa shape index (κ1) is 14.4. The molecule has 0 N–H and O–H groups in total. The summed E-state index contributed by atoms with van der Waals surface area (Å²) < 4.78 is 6.72. The minimum absolute atomic E-state index is 0.105. The van der Waals surface area contributed by atoms with Crippen molar-refractivity contribution in [1.82, 2.24) is 4.90 Å². The molecule has 3 rings (SSSR count). The third-order valence-corrected chi connectivity index (χ3v) is 4.82. The first-order chi connectivity index (χ1) is 10.0. The molecular weight excluding hydrogens is 350 g/mol. The third kappa shape index (κ3) is 3.04. The van der Waals surface area contributed by atoms with Gasteiger partial charge in [-0.3, -0.25) is 4.79 Å². The van der Waals surface area contributed by atoms with Crippen molar-refractivity contribution in [2.45, 2.75) is 13.5 Å². The first-order valence-electron chi connectivity index (χ1n) is 6.51. The quantitative estimate of drug-likeness (QED) is 0.667. The summed E-state index contributed by atoms with van der Waals surface area (Å²) >= 11 is 5.05. The smallest absolute Gasteiger partial charge is 0.289 e. The SMILES string of the molecule is Cc1ccc2oc(C(=O)N(C)Cc3csc(Br)c3)cc2c1. The molecule has 2 heterocycles. The predicted molar refractivity (Wildman–Crippen MR) is 88.8 cm³/mol. The van der Waals surface area contributed by atoms with Crippen molar-refractivity contribution in [1.29, 1.82) is 0 Å². The molecular formula is C16H14BrNO2S. The molecule has 2 aromatic heterocycles. The molecule has 0 bridgehead atoms. The van der Waals surface area contributed by atoms with Gasteiger partial charge in [-0.15, -0.1) is 11.3 Å². The highest BCUT2D eigenvalue weighted by atomic mass is 79.9. The Kier molecular flexibility index (Phi) is 3.87. The van der Waals surface area contributed by atoms with Crippen LogP contribution in [0, 0.1) is 6.92 Å². The number of benzene rings is 1. The molecule has 3 aromatic rings. The highest BCUT2D eigenvalue weighted by molar-refractivity contribution is 9.11. The third-order valence-electron chi connectivity index (χ3n) is 3.27. The predicted octanol–water partition coefficient (Wildman–Crippen LogP) is 4.84. The van der Waals surface area contributed by atoms with E-state index in [1.807, 2.05) is 42.6 Å². The van der Waals surface area contributed by atoms with Crippen molar-refractivity contribution in [2.75, 3.05) is 7.05 Å². The van der Waals surface area contributed by atoms with E-state index in [1.54, 1.807) is 23.3 Å². The molecule has 0 atom stereocenters. The van der Waals surface area contributed by atoms with Gasteiger partial charge in [-0.25, -0.2) is 0 Å². The van der Waals surface area contributed by atoms with Gasteiger partial charge in [-0.05, 0) is 58.1 Å². The van der Waals surface area contributed by atoms with Crippen LogP contribution in [0.5, 0.6) is 0 Å². The molecule has 0 radical (unpaired) electrons. The highest BCUT2D eigenvalue weighted by Gasteiger charge is 2.17. The average Bonchev–Trinajstić information content (AvgIpc) is 3.03. The number of hydrogen-bond donors (Lipinski definition) is 0. The molecule has 108 valence electrons. The number of nitrogens with zero attached hydrogens (tertiary/aromatic N) is 1. The van der Waals surface area contributed by atoms with Gasteiger partial charge >= 0.3 is 0 Å². The molecule has 1 amide bonds. The van der Waals surface area contributed by atoms with Gasteiger partial charge in [0.15, 0.2) is 5.76 Å². The van der Waals surface area contributed by atoms with Crippen LogP contribution < -0.4 is 0 Å². The number of fused-ring (bicyclic) bond motifs is 1. The van der Waals surface area contributed by atoms with Gasteiger partial charge in [0.1, 0.15) is 5.58 Å². The maximum atomic E-state index is 12.4. The van der Waals surface area contributed by atoms with Crippen LogP contribution in [0.2, 0.25) is 0 Å². The van der Waals surface area contributed by atoms with Crippen molar-refractivity contribution >= 4 is 44.1 Å². The minimum Gasteiger partial charge on any atom is -0.451 e. The zero-order valence-corrected chi connectivity index (χ0v) is 14.1. The Labute approximate surface area is 135 Å².